The van der Waals surface area contributed by atoms with Crippen molar-refractivity contribution >= 4 is 5.97 Å². The molecule has 17 heavy (non-hydrogen) atoms. The number of nitrogens with zero attached hydrogens (tertiary/aromatic N) is 2. The number of carboxylic acids is 1. The maximum absolute atomic E-state index is 11.1. The third-order valence-electron chi connectivity index (χ3n) is 5.14. The molecule has 4 aliphatic rings. The lowest BCUT2D eigenvalue weighted by Crippen LogP contribution is -2.57. The molecule has 4 aliphatic heterocycles. The van der Waals surface area contributed by atoms with Gasteiger partial charge in [0.25, 0.3) is 0 Å². The molecule has 4 heterocycles. The number of hydrogen-bond donors (Lipinski definition) is 1. The fourth-order valence-corrected chi connectivity index (χ4v) is 4.40. The zero-order chi connectivity index (χ0) is 12.0. The van der Waals surface area contributed by atoms with Gasteiger partial charge < -0.3 is 5.11 Å². The molecule has 0 amide bonds. The lowest BCUT2D eigenvalue weighted by molar-refractivity contribution is -0.139. The van der Waals surface area contributed by atoms with Crippen molar-refractivity contribution in [3.8, 4) is 0 Å². The highest BCUT2D eigenvalue weighted by atomic mass is 16.4. The van der Waals surface area contributed by atoms with Gasteiger partial charge in [0, 0.05) is 18.6 Å². The number of carboxylic acid groups (broad SMARTS) is 1. The van der Waals surface area contributed by atoms with Gasteiger partial charge >= 0.3 is 5.97 Å². The van der Waals surface area contributed by atoms with Gasteiger partial charge in [-0.1, -0.05) is 6.92 Å². The van der Waals surface area contributed by atoms with Crippen LogP contribution in [-0.2, 0) is 4.79 Å². The first-order valence-corrected chi connectivity index (χ1v) is 6.90. The number of fused-ring (bicyclic) bond motifs is 2. The van der Waals surface area contributed by atoms with Gasteiger partial charge in [-0.15, -0.1) is 0 Å². The molecule has 3 unspecified atom stereocenters. The van der Waals surface area contributed by atoms with Gasteiger partial charge in [-0.2, -0.15) is 0 Å². The van der Waals surface area contributed by atoms with Crippen LogP contribution in [0.3, 0.4) is 0 Å². The Morgan fingerprint density at radius 3 is 2.65 bits per heavy atom. The largest absolute Gasteiger partial charge is 0.481 e. The minimum Gasteiger partial charge on any atom is -0.481 e. The lowest BCUT2D eigenvalue weighted by Gasteiger charge is -2.49. The van der Waals surface area contributed by atoms with Crippen LogP contribution < -0.4 is 0 Å². The zero-order valence-electron chi connectivity index (χ0n) is 10.5. The molecule has 0 aromatic heterocycles. The van der Waals surface area contributed by atoms with Crippen molar-refractivity contribution in [3.63, 3.8) is 0 Å². The fraction of sp³-hybridized carbons (Fsp3) is 0.923. The number of hydrogen-bond acceptors (Lipinski definition) is 3. The van der Waals surface area contributed by atoms with E-state index in [1.54, 1.807) is 0 Å². The number of aliphatic carboxylic acids is 1. The minimum absolute atomic E-state index is 0.255. The van der Waals surface area contributed by atoms with Gasteiger partial charge in [0.15, 0.2) is 0 Å². The maximum atomic E-state index is 11.1. The van der Waals surface area contributed by atoms with E-state index in [0.717, 1.165) is 24.9 Å². The van der Waals surface area contributed by atoms with Crippen LogP contribution in [0.2, 0.25) is 0 Å². The van der Waals surface area contributed by atoms with Gasteiger partial charge in [-0.05, 0) is 44.3 Å². The summed E-state index contributed by atoms with van der Waals surface area (Å²) in [6.45, 7) is 6.66. The van der Waals surface area contributed by atoms with E-state index in [4.69, 9.17) is 5.11 Å². The molecule has 96 valence electrons. The number of piperidine rings is 3. The first-order valence-electron chi connectivity index (χ1n) is 6.90. The Morgan fingerprint density at radius 2 is 2.06 bits per heavy atom. The Balaban J connectivity index is 1.83. The van der Waals surface area contributed by atoms with E-state index in [9.17, 15) is 4.79 Å². The van der Waals surface area contributed by atoms with Crippen LogP contribution in [0.5, 0.6) is 0 Å². The average Bonchev–Trinajstić information content (AvgIpc) is 2.71. The number of likely N-dealkylation sites (tertiary alicyclic amines) is 1. The highest BCUT2D eigenvalue weighted by Gasteiger charge is 2.52. The number of rotatable bonds is 3. The topological polar surface area (TPSA) is 43.8 Å². The average molecular weight is 238 g/mol. The monoisotopic (exact) mass is 238 g/mol. The molecular formula is C13H22N2O2. The molecule has 4 fully saturated rings. The summed E-state index contributed by atoms with van der Waals surface area (Å²) in [6.07, 6.45) is 2.98. The summed E-state index contributed by atoms with van der Waals surface area (Å²) >= 11 is 0. The first-order chi connectivity index (χ1) is 8.20. The van der Waals surface area contributed by atoms with Crippen molar-refractivity contribution in [2.75, 3.05) is 26.2 Å². The number of carbonyl (C=O) groups is 1. The SMILES string of the molecule is CCN1CC2C3CCN(CC3)C2C1CC(=O)O. The summed E-state index contributed by atoms with van der Waals surface area (Å²) in [7, 11) is 0. The smallest absolute Gasteiger partial charge is 0.304 e. The van der Waals surface area contributed by atoms with Gasteiger partial charge in [0.05, 0.1) is 6.42 Å². The van der Waals surface area contributed by atoms with Gasteiger partial charge in [-0.3, -0.25) is 14.6 Å². The third kappa shape index (κ3) is 1.78. The van der Waals surface area contributed by atoms with E-state index < -0.39 is 5.97 Å². The molecule has 4 saturated heterocycles. The zero-order valence-corrected chi connectivity index (χ0v) is 10.5. The Hall–Kier alpha value is -0.610. The molecule has 4 nitrogen and oxygen atoms in total. The van der Waals surface area contributed by atoms with Crippen LogP contribution in [0.25, 0.3) is 0 Å². The molecule has 3 atom stereocenters. The summed E-state index contributed by atoms with van der Waals surface area (Å²) in [6, 6.07) is 0.782. The van der Waals surface area contributed by atoms with Crippen molar-refractivity contribution in [1.29, 1.82) is 0 Å². The highest BCUT2D eigenvalue weighted by Crippen LogP contribution is 2.44. The molecule has 2 bridgehead atoms. The molecule has 0 spiro atoms. The standard InChI is InChI=1S/C13H22N2O2/c1-2-14-8-10-9-3-5-15(6-4-9)13(10)11(14)7-12(16)17/h9-11,13H,2-8H2,1H3,(H,16,17). The van der Waals surface area contributed by atoms with E-state index in [-0.39, 0.29) is 6.04 Å². The first kappa shape index (κ1) is 11.5. The third-order valence-corrected chi connectivity index (χ3v) is 5.14. The van der Waals surface area contributed by atoms with E-state index in [1.807, 2.05) is 0 Å². The Kier molecular flexibility index (Phi) is 2.87. The molecule has 1 N–H and O–H groups in total. The van der Waals surface area contributed by atoms with Crippen molar-refractivity contribution < 1.29 is 9.90 Å². The molecule has 0 radical (unpaired) electrons. The molecular weight excluding hydrogens is 216 g/mol. The van der Waals surface area contributed by atoms with Crippen molar-refractivity contribution in [2.45, 2.75) is 38.3 Å². The lowest BCUT2D eigenvalue weighted by atomic mass is 9.73. The van der Waals surface area contributed by atoms with Crippen molar-refractivity contribution in [1.82, 2.24) is 9.80 Å². The van der Waals surface area contributed by atoms with Crippen LogP contribution in [0.15, 0.2) is 0 Å². The van der Waals surface area contributed by atoms with Crippen LogP contribution in [0, 0.1) is 11.8 Å². The molecule has 0 saturated carbocycles. The molecule has 0 aliphatic carbocycles. The van der Waals surface area contributed by atoms with E-state index in [0.29, 0.717) is 12.5 Å². The molecule has 4 heteroatoms. The predicted molar refractivity (Wildman–Crippen MR) is 64.9 cm³/mol. The Labute approximate surface area is 103 Å². The quantitative estimate of drug-likeness (QED) is 0.792. The van der Waals surface area contributed by atoms with Crippen LogP contribution in [-0.4, -0.2) is 59.1 Å². The summed E-state index contributed by atoms with van der Waals surface area (Å²) in [5, 5.41) is 9.10. The second-order valence-electron chi connectivity index (χ2n) is 5.78. The Bertz CT molecular complexity index is 313. The van der Waals surface area contributed by atoms with E-state index >= 15 is 0 Å². The van der Waals surface area contributed by atoms with Gasteiger partial charge in [0.2, 0.25) is 0 Å². The molecule has 0 aromatic rings. The predicted octanol–water partition coefficient (Wildman–Crippen LogP) is 0.876. The van der Waals surface area contributed by atoms with Gasteiger partial charge in [0.1, 0.15) is 0 Å². The Morgan fingerprint density at radius 1 is 1.35 bits per heavy atom. The van der Waals surface area contributed by atoms with Crippen molar-refractivity contribution in [3.05, 3.63) is 0 Å². The normalized spacial score (nSPS) is 44.9. The van der Waals surface area contributed by atoms with Crippen LogP contribution >= 0.6 is 0 Å². The maximum Gasteiger partial charge on any atom is 0.304 e. The fourth-order valence-electron chi connectivity index (χ4n) is 4.40. The van der Waals surface area contributed by atoms with Gasteiger partial charge in [-0.25, -0.2) is 0 Å². The summed E-state index contributed by atoms with van der Waals surface area (Å²) in [5.74, 6) is 0.955. The summed E-state index contributed by atoms with van der Waals surface area (Å²) in [5.41, 5.74) is 0. The molecule has 4 rings (SSSR count). The van der Waals surface area contributed by atoms with Crippen LogP contribution in [0.4, 0.5) is 0 Å². The molecule has 0 aromatic carbocycles. The number of likely N-dealkylation sites (N-methyl/N-ethyl adjacent to an activating group) is 1. The summed E-state index contributed by atoms with van der Waals surface area (Å²) in [4.78, 5) is 16.0. The van der Waals surface area contributed by atoms with E-state index in [2.05, 4.69) is 16.7 Å². The summed E-state index contributed by atoms with van der Waals surface area (Å²) < 4.78 is 0. The second-order valence-corrected chi connectivity index (χ2v) is 5.78. The van der Waals surface area contributed by atoms with E-state index in [1.165, 1.54) is 25.9 Å². The van der Waals surface area contributed by atoms with Crippen molar-refractivity contribution in [2.24, 2.45) is 11.8 Å². The highest BCUT2D eigenvalue weighted by molar-refractivity contribution is 5.67. The second kappa shape index (κ2) is 4.25. The van der Waals surface area contributed by atoms with Crippen LogP contribution in [0.1, 0.15) is 26.2 Å². The minimum atomic E-state index is -0.642.